The molecule has 0 saturated carbocycles. The fourth-order valence-corrected chi connectivity index (χ4v) is 3.51. The first kappa shape index (κ1) is 12.7. The van der Waals surface area contributed by atoms with Gasteiger partial charge in [-0.1, -0.05) is 6.92 Å². The van der Waals surface area contributed by atoms with Crippen molar-refractivity contribution in [3.8, 4) is 0 Å². The average Bonchev–Trinajstić information content (AvgIpc) is 2.87. The highest BCUT2D eigenvalue weighted by molar-refractivity contribution is 7.09. The number of thiazole rings is 1. The summed E-state index contributed by atoms with van der Waals surface area (Å²) in [6, 6.07) is 0.396. The van der Waals surface area contributed by atoms with Crippen LogP contribution in [0.5, 0.6) is 0 Å². The van der Waals surface area contributed by atoms with Gasteiger partial charge in [0.25, 0.3) is 0 Å². The van der Waals surface area contributed by atoms with Crippen molar-refractivity contribution < 1.29 is 0 Å². The topological polar surface area (TPSA) is 24.9 Å². The molecule has 0 aliphatic rings. The number of likely N-dealkylation sites (N-methyl/N-ethyl adjacent to an activating group) is 1. The van der Waals surface area contributed by atoms with Gasteiger partial charge in [0.15, 0.2) is 0 Å². The molecule has 0 aliphatic carbocycles. The van der Waals surface area contributed by atoms with Crippen LogP contribution in [-0.4, -0.2) is 11.5 Å². The van der Waals surface area contributed by atoms with E-state index in [-0.39, 0.29) is 0 Å². The Morgan fingerprint density at radius 2 is 2.12 bits per heavy atom. The molecule has 2 nitrogen and oxygen atoms in total. The lowest BCUT2D eigenvalue weighted by Gasteiger charge is -2.17. The van der Waals surface area contributed by atoms with E-state index < -0.39 is 0 Å². The normalized spacial score (nSPS) is 12.9. The van der Waals surface area contributed by atoms with Gasteiger partial charge in [-0.15, -0.1) is 11.3 Å². The number of aromatic nitrogens is 1. The summed E-state index contributed by atoms with van der Waals surface area (Å²) in [6.45, 7) is 7.39. The first-order chi connectivity index (χ1) is 8.20. The first-order valence-electron chi connectivity index (χ1n) is 5.87. The highest BCUT2D eigenvalue weighted by atomic mass is 32.1. The van der Waals surface area contributed by atoms with Gasteiger partial charge in [-0.05, 0) is 42.3 Å². The lowest BCUT2D eigenvalue weighted by atomic mass is 10.0. The van der Waals surface area contributed by atoms with E-state index in [1.165, 1.54) is 16.8 Å². The van der Waals surface area contributed by atoms with Crippen LogP contribution in [0.25, 0.3) is 0 Å². The molecule has 2 aromatic heterocycles. The fourth-order valence-electron chi connectivity index (χ4n) is 1.98. The van der Waals surface area contributed by atoms with E-state index in [2.05, 4.69) is 47.2 Å². The number of rotatable bonds is 5. The Morgan fingerprint density at radius 3 is 2.65 bits per heavy atom. The summed E-state index contributed by atoms with van der Waals surface area (Å²) in [5.41, 5.74) is 4.00. The summed E-state index contributed by atoms with van der Waals surface area (Å²) >= 11 is 3.51. The molecule has 0 amide bonds. The largest absolute Gasteiger partial charge is 0.310 e. The van der Waals surface area contributed by atoms with E-state index in [1.807, 2.05) is 0 Å². The molecule has 2 aromatic rings. The van der Waals surface area contributed by atoms with Crippen LogP contribution in [0.4, 0.5) is 0 Å². The summed E-state index contributed by atoms with van der Waals surface area (Å²) in [4.78, 5) is 4.55. The number of aryl methyl sites for hydroxylation is 2. The minimum Gasteiger partial charge on any atom is -0.310 e. The minimum absolute atomic E-state index is 0.396. The summed E-state index contributed by atoms with van der Waals surface area (Å²) in [5.74, 6) is 0. The number of nitrogens with one attached hydrogen (secondary N) is 1. The Balaban J connectivity index is 2.15. The first-order valence-corrected chi connectivity index (χ1v) is 7.70. The molecule has 0 spiro atoms. The fraction of sp³-hybridized carbons (Fsp3) is 0.462. The smallest absolute Gasteiger partial charge is 0.0897 e. The number of nitrogens with zero attached hydrogens (tertiary/aromatic N) is 1. The van der Waals surface area contributed by atoms with Crippen LogP contribution in [0.3, 0.4) is 0 Å². The van der Waals surface area contributed by atoms with Crippen molar-refractivity contribution in [2.45, 2.75) is 33.2 Å². The zero-order valence-corrected chi connectivity index (χ0v) is 12.1. The van der Waals surface area contributed by atoms with Crippen LogP contribution in [0, 0.1) is 13.8 Å². The van der Waals surface area contributed by atoms with E-state index >= 15 is 0 Å². The van der Waals surface area contributed by atoms with E-state index in [0.717, 1.165) is 18.0 Å². The van der Waals surface area contributed by atoms with Crippen LogP contribution in [0.15, 0.2) is 16.1 Å². The number of thiophene rings is 1. The Hall–Kier alpha value is -0.710. The summed E-state index contributed by atoms with van der Waals surface area (Å²) in [6.07, 6.45) is 0.982. The molecule has 0 bridgehead atoms. The van der Waals surface area contributed by atoms with Crippen LogP contribution >= 0.6 is 22.7 Å². The number of hydrogen-bond acceptors (Lipinski definition) is 4. The molecule has 1 unspecified atom stereocenters. The third-order valence-corrected chi connectivity index (χ3v) is 4.50. The standard InChI is InChI=1S/C13H18N2S2/c1-4-14-13(12-8-16-6-9(12)2)5-11-7-17-10(3)15-11/h6-8,13-14H,4-5H2,1-3H3. The van der Waals surface area contributed by atoms with Crippen molar-refractivity contribution in [2.75, 3.05) is 6.54 Å². The lowest BCUT2D eigenvalue weighted by molar-refractivity contribution is 0.544. The molecule has 2 rings (SSSR count). The molecular weight excluding hydrogens is 248 g/mol. The van der Waals surface area contributed by atoms with Crippen molar-refractivity contribution in [3.05, 3.63) is 38.0 Å². The van der Waals surface area contributed by atoms with Gasteiger partial charge in [-0.3, -0.25) is 0 Å². The van der Waals surface area contributed by atoms with E-state index in [9.17, 15) is 0 Å². The molecular formula is C13H18N2S2. The third-order valence-electron chi connectivity index (χ3n) is 2.80. The lowest BCUT2D eigenvalue weighted by Crippen LogP contribution is -2.23. The predicted octanol–water partition coefficient (Wildman–Crippen LogP) is 3.71. The summed E-state index contributed by atoms with van der Waals surface area (Å²) < 4.78 is 0. The Labute approximate surface area is 111 Å². The van der Waals surface area contributed by atoms with Gasteiger partial charge in [0.05, 0.1) is 10.7 Å². The second-order valence-electron chi connectivity index (χ2n) is 4.18. The molecule has 17 heavy (non-hydrogen) atoms. The quantitative estimate of drug-likeness (QED) is 0.892. The van der Waals surface area contributed by atoms with Gasteiger partial charge in [0, 0.05) is 17.8 Å². The summed E-state index contributed by atoms with van der Waals surface area (Å²) in [7, 11) is 0. The van der Waals surface area contributed by atoms with Crippen LogP contribution in [-0.2, 0) is 6.42 Å². The van der Waals surface area contributed by atoms with E-state index in [1.54, 1.807) is 22.7 Å². The molecule has 0 fully saturated rings. The molecule has 92 valence electrons. The highest BCUT2D eigenvalue weighted by Gasteiger charge is 2.15. The van der Waals surface area contributed by atoms with Gasteiger partial charge in [0.1, 0.15) is 0 Å². The van der Waals surface area contributed by atoms with Crippen LogP contribution in [0.2, 0.25) is 0 Å². The maximum atomic E-state index is 4.55. The van der Waals surface area contributed by atoms with Gasteiger partial charge >= 0.3 is 0 Å². The molecule has 0 radical (unpaired) electrons. The summed E-state index contributed by atoms with van der Waals surface area (Å²) in [5, 5.41) is 11.3. The van der Waals surface area contributed by atoms with Gasteiger partial charge in [0.2, 0.25) is 0 Å². The molecule has 0 aliphatic heterocycles. The zero-order valence-electron chi connectivity index (χ0n) is 10.5. The maximum absolute atomic E-state index is 4.55. The van der Waals surface area contributed by atoms with Crippen LogP contribution in [0.1, 0.15) is 34.8 Å². The molecule has 4 heteroatoms. The molecule has 0 aromatic carbocycles. The minimum atomic E-state index is 0.396. The zero-order chi connectivity index (χ0) is 12.3. The average molecular weight is 266 g/mol. The third kappa shape index (κ3) is 3.15. The van der Waals surface area contributed by atoms with Crippen molar-refractivity contribution in [1.29, 1.82) is 0 Å². The van der Waals surface area contributed by atoms with Crippen molar-refractivity contribution in [1.82, 2.24) is 10.3 Å². The van der Waals surface area contributed by atoms with E-state index in [4.69, 9.17) is 0 Å². The van der Waals surface area contributed by atoms with Gasteiger partial charge in [-0.2, -0.15) is 11.3 Å². The monoisotopic (exact) mass is 266 g/mol. The van der Waals surface area contributed by atoms with E-state index in [0.29, 0.717) is 6.04 Å². The Morgan fingerprint density at radius 1 is 1.29 bits per heavy atom. The second kappa shape index (κ2) is 5.76. The van der Waals surface area contributed by atoms with Crippen molar-refractivity contribution in [2.24, 2.45) is 0 Å². The highest BCUT2D eigenvalue weighted by Crippen LogP contribution is 2.25. The van der Waals surface area contributed by atoms with Gasteiger partial charge < -0.3 is 5.32 Å². The van der Waals surface area contributed by atoms with Gasteiger partial charge in [-0.25, -0.2) is 4.98 Å². The van der Waals surface area contributed by atoms with Crippen molar-refractivity contribution >= 4 is 22.7 Å². The molecule has 2 heterocycles. The molecule has 1 atom stereocenters. The predicted molar refractivity (Wildman–Crippen MR) is 76.0 cm³/mol. The number of hydrogen-bond donors (Lipinski definition) is 1. The maximum Gasteiger partial charge on any atom is 0.0897 e. The van der Waals surface area contributed by atoms with Crippen LogP contribution < -0.4 is 5.32 Å². The molecule has 1 N–H and O–H groups in total. The second-order valence-corrected chi connectivity index (χ2v) is 5.99. The Kier molecular flexibility index (Phi) is 4.31. The Bertz CT molecular complexity index is 473. The SMILES string of the molecule is CCNC(Cc1csc(C)n1)c1cscc1C. The van der Waals surface area contributed by atoms with Crippen molar-refractivity contribution in [3.63, 3.8) is 0 Å². The molecule has 0 saturated heterocycles.